The zero-order valence-electron chi connectivity index (χ0n) is 10.4. The molecule has 0 saturated carbocycles. The fourth-order valence-corrected chi connectivity index (χ4v) is 2.52. The molecule has 2 rings (SSSR count). The van der Waals surface area contributed by atoms with Crippen LogP contribution in [0, 0.1) is 5.82 Å². The Balaban J connectivity index is 2.20. The predicted octanol–water partition coefficient (Wildman–Crippen LogP) is 2.69. The van der Waals surface area contributed by atoms with Crippen LogP contribution in [0.15, 0.2) is 22.7 Å². The summed E-state index contributed by atoms with van der Waals surface area (Å²) in [6, 6.07) is 4.68. The van der Waals surface area contributed by atoms with Crippen molar-refractivity contribution in [3.63, 3.8) is 0 Å². The van der Waals surface area contributed by atoms with Crippen LogP contribution in [0.1, 0.15) is 20.3 Å². The molecule has 1 atom stereocenters. The number of carbonyl (C=O) groups is 1. The Labute approximate surface area is 114 Å². The first-order chi connectivity index (χ1) is 8.49. The van der Waals surface area contributed by atoms with Crippen LogP contribution >= 0.6 is 15.9 Å². The lowest BCUT2D eigenvalue weighted by Gasteiger charge is -2.19. The molecule has 1 N–H and O–H groups in total. The van der Waals surface area contributed by atoms with E-state index in [1.807, 2.05) is 13.8 Å². The van der Waals surface area contributed by atoms with Crippen LogP contribution in [0.3, 0.4) is 0 Å². The molecule has 1 aliphatic heterocycles. The molecule has 0 aliphatic carbocycles. The van der Waals surface area contributed by atoms with Gasteiger partial charge in [-0.2, -0.15) is 0 Å². The zero-order chi connectivity index (χ0) is 13.3. The molecular weight excluding hydrogens is 299 g/mol. The summed E-state index contributed by atoms with van der Waals surface area (Å²) in [7, 11) is 0. The molecule has 0 bridgehead atoms. The molecule has 1 aromatic rings. The summed E-state index contributed by atoms with van der Waals surface area (Å²) < 4.78 is 14.5. The van der Waals surface area contributed by atoms with E-state index >= 15 is 0 Å². The third-order valence-corrected chi connectivity index (χ3v) is 3.43. The monoisotopic (exact) mass is 314 g/mol. The van der Waals surface area contributed by atoms with Gasteiger partial charge >= 0.3 is 0 Å². The molecule has 1 unspecified atom stereocenters. The second-order valence-corrected chi connectivity index (χ2v) is 5.66. The van der Waals surface area contributed by atoms with E-state index in [4.69, 9.17) is 0 Å². The van der Waals surface area contributed by atoms with Gasteiger partial charge in [-0.15, -0.1) is 0 Å². The largest absolute Gasteiger partial charge is 0.308 e. The smallest absolute Gasteiger partial charge is 0.244 e. The van der Waals surface area contributed by atoms with Gasteiger partial charge in [-0.05, 0) is 24.6 Å². The summed E-state index contributed by atoms with van der Waals surface area (Å²) in [5.74, 6) is -0.419. The van der Waals surface area contributed by atoms with Gasteiger partial charge in [0.25, 0.3) is 0 Å². The molecule has 1 heterocycles. The molecule has 98 valence electrons. The van der Waals surface area contributed by atoms with Crippen molar-refractivity contribution in [3.05, 3.63) is 28.5 Å². The number of anilines is 1. The predicted molar refractivity (Wildman–Crippen MR) is 73.1 cm³/mol. The molecule has 1 aromatic carbocycles. The summed E-state index contributed by atoms with van der Waals surface area (Å²) in [5, 5.41) is 3.20. The van der Waals surface area contributed by atoms with Crippen molar-refractivity contribution < 1.29 is 9.18 Å². The maximum absolute atomic E-state index is 13.7. The summed E-state index contributed by atoms with van der Waals surface area (Å²) in [6.45, 7) is 4.54. The van der Waals surface area contributed by atoms with Crippen LogP contribution < -0.4 is 10.2 Å². The highest BCUT2D eigenvalue weighted by molar-refractivity contribution is 9.10. The van der Waals surface area contributed by atoms with E-state index in [1.165, 1.54) is 11.0 Å². The molecule has 3 nitrogen and oxygen atoms in total. The van der Waals surface area contributed by atoms with E-state index in [0.717, 1.165) is 4.47 Å². The fourth-order valence-electron chi connectivity index (χ4n) is 2.17. The maximum atomic E-state index is 13.7. The van der Waals surface area contributed by atoms with Crippen LogP contribution in [0.5, 0.6) is 0 Å². The summed E-state index contributed by atoms with van der Waals surface area (Å²) in [5.41, 5.74) is 0.349. The second kappa shape index (κ2) is 5.36. The summed E-state index contributed by atoms with van der Waals surface area (Å²) >= 11 is 3.30. The standard InChI is InChI=1S/C13H16BrFN2O/c1-8(2)16-11-5-6-17(13(11)18)12-7-9(14)3-4-10(12)15/h3-4,7-8,11,16H,5-6H2,1-2H3. The zero-order valence-corrected chi connectivity index (χ0v) is 12.0. The first-order valence-electron chi connectivity index (χ1n) is 6.01. The quantitative estimate of drug-likeness (QED) is 0.930. The van der Waals surface area contributed by atoms with Gasteiger partial charge in [0.1, 0.15) is 5.82 Å². The molecule has 1 saturated heterocycles. The molecule has 1 fully saturated rings. The Bertz CT molecular complexity index is 464. The van der Waals surface area contributed by atoms with Crippen molar-refractivity contribution in [2.24, 2.45) is 0 Å². The number of benzene rings is 1. The number of nitrogens with one attached hydrogen (secondary N) is 1. The average Bonchev–Trinajstić information content (AvgIpc) is 2.64. The highest BCUT2D eigenvalue weighted by atomic mass is 79.9. The van der Waals surface area contributed by atoms with E-state index in [2.05, 4.69) is 21.2 Å². The fraction of sp³-hybridized carbons (Fsp3) is 0.462. The molecule has 18 heavy (non-hydrogen) atoms. The normalized spacial score (nSPS) is 19.9. The van der Waals surface area contributed by atoms with Crippen molar-refractivity contribution in [1.29, 1.82) is 0 Å². The SMILES string of the molecule is CC(C)NC1CCN(c2cc(Br)ccc2F)C1=O. The van der Waals surface area contributed by atoms with Crippen molar-refractivity contribution in [2.45, 2.75) is 32.4 Å². The number of rotatable bonds is 3. The second-order valence-electron chi connectivity index (χ2n) is 4.75. The minimum Gasteiger partial charge on any atom is -0.308 e. The third kappa shape index (κ3) is 2.72. The number of hydrogen-bond donors (Lipinski definition) is 1. The Morgan fingerprint density at radius 2 is 2.22 bits per heavy atom. The van der Waals surface area contributed by atoms with Gasteiger partial charge in [0, 0.05) is 17.1 Å². The van der Waals surface area contributed by atoms with Crippen molar-refractivity contribution in [3.8, 4) is 0 Å². The molecule has 0 radical (unpaired) electrons. The number of nitrogens with zero attached hydrogens (tertiary/aromatic N) is 1. The number of amides is 1. The van der Waals surface area contributed by atoms with Crippen LogP contribution in [0.2, 0.25) is 0 Å². The van der Waals surface area contributed by atoms with E-state index in [0.29, 0.717) is 18.7 Å². The lowest BCUT2D eigenvalue weighted by Crippen LogP contribution is -2.41. The molecule has 0 spiro atoms. The first-order valence-corrected chi connectivity index (χ1v) is 6.81. The van der Waals surface area contributed by atoms with Gasteiger partial charge in [-0.3, -0.25) is 4.79 Å². The number of hydrogen-bond acceptors (Lipinski definition) is 2. The van der Waals surface area contributed by atoms with E-state index in [1.54, 1.807) is 12.1 Å². The lowest BCUT2D eigenvalue weighted by molar-refractivity contribution is -0.119. The van der Waals surface area contributed by atoms with E-state index < -0.39 is 0 Å². The highest BCUT2D eigenvalue weighted by Crippen LogP contribution is 2.27. The summed E-state index contributed by atoms with van der Waals surface area (Å²) in [4.78, 5) is 13.7. The average molecular weight is 315 g/mol. The highest BCUT2D eigenvalue weighted by Gasteiger charge is 2.33. The Morgan fingerprint density at radius 3 is 2.89 bits per heavy atom. The number of halogens is 2. The minimum absolute atomic E-state index is 0.0549. The maximum Gasteiger partial charge on any atom is 0.244 e. The Morgan fingerprint density at radius 1 is 1.50 bits per heavy atom. The Hall–Kier alpha value is -0.940. The minimum atomic E-state index is -0.364. The third-order valence-electron chi connectivity index (χ3n) is 2.94. The topological polar surface area (TPSA) is 32.3 Å². The van der Waals surface area contributed by atoms with Gasteiger partial charge in [-0.25, -0.2) is 4.39 Å². The molecule has 1 amide bonds. The molecule has 0 aromatic heterocycles. The molecule has 1 aliphatic rings. The van der Waals surface area contributed by atoms with Gasteiger partial charge in [0.2, 0.25) is 5.91 Å². The van der Waals surface area contributed by atoms with Crippen molar-refractivity contribution >= 4 is 27.5 Å². The van der Waals surface area contributed by atoms with Crippen LogP contribution in [0.25, 0.3) is 0 Å². The van der Waals surface area contributed by atoms with Crippen LogP contribution in [-0.2, 0) is 4.79 Å². The van der Waals surface area contributed by atoms with Gasteiger partial charge in [-0.1, -0.05) is 29.8 Å². The summed E-state index contributed by atoms with van der Waals surface area (Å²) in [6.07, 6.45) is 0.711. The Kier molecular flexibility index (Phi) is 4.02. The van der Waals surface area contributed by atoms with Crippen LogP contribution in [-0.4, -0.2) is 24.5 Å². The van der Waals surface area contributed by atoms with Gasteiger partial charge in [0.05, 0.1) is 11.7 Å². The van der Waals surface area contributed by atoms with E-state index in [-0.39, 0.29) is 23.8 Å². The van der Waals surface area contributed by atoms with E-state index in [9.17, 15) is 9.18 Å². The van der Waals surface area contributed by atoms with Crippen molar-refractivity contribution in [2.75, 3.05) is 11.4 Å². The van der Waals surface area contributed by atoms with Gasteiger partial charge < -0.3 is 10.2 Å². The van der Waals surface area contributed by atoms with Crippen LogP contribution in [0.4, 0.5) is 10.1 Å². The van der Waals surface area contributed by atoms with Gasteiger partial charge in [0.15, 0.2) is 0 Å². The number of carbonyl (C=O) groups excluding carboxylic acids is 1. The molecule has 5 heteroatoms. The molecular formula is C13H16BrFN2O. The van der Waals surface area contributed by atoms with Crippen molar-refractivity contribution in [1.82, 2.24) is 5.32 Å². The lowest BCUT2D eigenvalue weighted by atomic mass is 10.2. The first kappa shape index (κ1) is 13.5.